The van der Waals surface area contributed by atoms with Crippen LogP contribution in [0.5, 0.6) is 0 Å². The molecule has 0 amide bonds. The van der Waals surface area contributed by atoms with E-state index in [-0.39, 0.29) is 16.7 Å². The van der Waals surface area contributed by atoms with Crippen LogP contribution in [0.15, 0.2) is 60.0 Å². The Bertz CT molecular complexity index is 612. The molecular formula is C15H14N2O2. The minimum absolute atomic E-state index is 0.140. The highest BCUT2D eigenvalue weighted by molar-refractivity contribution is 5.41. The SMILES string of the molecule is CC1=C2C=CC=CN2C(c2ccc([N+](=O)[O-])cc2)C1. The standard InChI is InChI=1S/C15H14N2O2/c1-11-10-15(16-9-3-2-4-14(11)16)12-5-7-13(8-6-12)17(18)19/h2-9,15H,10H2,1H3. The number of nitrogens with zero attached hydrogens (tertiary/aromatic N) is 2. The van der Waals surface area contributed by atoms with Gasteiger partial charge in [-0.05, 0) is 36.6 Å². The molecule has 1 aromatic rings. The van der Waals surface area contributed by atoms with E-state index >= 15 is 0 Å². The summed E-state index contributed by atoms with van der Waals surface area (Å²) in [6, 6.07) is 7.10. The Morgan fingerprint density at radius 3 is 2.68 bits per heavy atom. The summed E-state index contributed by atoms with van der Waals surface area (Å²) in [7, 11) is 0. The van der Waals surface area contributed by atoms with Gasteiger partial charge in [-0.1, -0.05) is 18.2 Å². The van der Waals surface area contributed by atoms with E-state index in [4.69, 9.17) is 0 Å². The Balaban J connectivity index is 1.90. The van der Waals surface area contributed by atoms with Gasteiger partial charge in [0.05, 0.1) is 11.0 Å². The van der Waals surface area contributed by atoms with Crippen molar-refractivity contribution in [2.24, 2.45) is 0 Å². The second kappa shape index (κ2) is 4.39. The maximum atomic E-state index is 10.7. The van der Waals surface area contributed by atoms with Gasteiger partial charge in [0.25, 0.3) is 5.69 Å². The third-order valence-corrected chi connectivity index (χ3v) is 3.65. The van der Waals surface area contributed by atoms with Crippen molar-refractivity contribution in [1.29, 1.82) is 0 Å². The summed E-state index contributed by atoms with van der Waals surface area (Å²) in [6.45, 7) is 2.14. The minimum Gasteiger partial charge on any atom is -0.340 e. The molecule has 0 aliphatic carbocycles. The Morgan fingerprint density at radius 2 is 2.00 bits per heavy atom. The monoisotopic (exact) mass is 254 g/mol. The van der Waals surface area contributed by atoms with Gasteiger partial charge in [-0.25, -0.2) is 0 Å². The van der Waals surface area contributed by atoms with E-state index in [0.29, 0.717) is 0 Å². The Morgan fingerprint density at radius 1 is 1.26 bits per heavy atom. The summed E-state index contributed by atoms with van der Waals surface area (Å²) >= 11 is 0. The van der Waals surface area contributed by atoms with Crippen LogP contribution in [0.2, 0.25) is 0 Å². The number of nitro groups is 1. The molecule has 0 fully saturated rings. The second-order valence-corrected chi connectivity index (χ2v) is 4.84. The van der Waals surface area contributed by atoms with Crippen LogP contribution in [0.4, 0.5) is 5.69 Å². The van der Waals surface area contributed by atoms with E-state index in [1.807, 2.05) is 24.3 Å². The van der Waals surface area contributed by atoms with Gasteiger partial charge in [-0.15, -0.1) is 0 Å². The number of benzene rings is 1. The molecule has 0 spiro atoms. The van der Waals surface area contributed by atoms with Crippen molar-refractivity contribution in [3.05, 3.63) is 75.6 Å². The molecule has 2 heterocycles. The van der Waals surface area contributed by atoms with Crippen molar-refractivity contribution in [1.82, 2.24) is 4.90 Å². The van der Waals surface area contributed by atoms with Crippen molar-refractivity contribution in [2.75, 3.05) is 0 Å². The zero-order valence-corrected chi connectivity index (χ0v) is 10.6. The molecule has 0 N–H and O–H groups in total. The number of fused-ring (bicyclic) bond motifs is 1. The maximum absolute atomic E-state index is 10.7. The van der Waals surface area contributed by atoms with Crippen LogP contribution < -0.4 is 0 Å². The summed E-state index contributed by atoms with van der Waals surface area (Å²) in [4.78, 5) is 12.5. The van der Waals surface area contributed by atoms with Gasteiger partial charge in [-0.3, -0.25) is 10.1 Å². The van der Waals surface area contributed by atoms with Gasteiger partial charge in [0.2, 0.25) is 0 Å². The lowest BCUT2D eigenvalue weighted by atomic mass is 10.0. The van der Waals surface area contributed by atoms with Crippen LogP contribution in [-0.4, -0.2) is 9.82 Å². The maximum Gasteiger partial charge on any atom is 0.269 e. The molecule has 1 aromatic carbocycles. The first-order valence-corrected chi connectivity index (χ1v) is 6.24. The summed E-state index contributed by atoms with van der Waals surface area (Å²) in [5.74, 6) is 0. The zero-order valence-electron chi connectivity index (χ0n) is 10.6. The van der Waals surface area contributed by atoms with Gasteiger partial charge in [-0.2, -0.15) is 0 Å². The predicted molar refractivity (Wildman–Crippen MR) is 73.3 cm³/mol. The lowest BCUT2D eigenvalue weighted by Crippen LogP contribution is -2.18. The summed E-state index contributed by atoms with van der Waals surface area (Å²) in [6.07, 6.45) is 9.19. The van der Waals surface area contributed by atoms with Crippen molar-refractivity contribution >= 4 is 5.69 Å². The molecule has 4 heteroatoms. The molecule has 1 unspecified atom stereocenters. The Labute approximate surface area is 111 Å². The predicted octanol–water partition coefficient (Wildman–Crippen LogP) is 3.70. The highest BCUT2D eigenvalue weighted by atomic mass is 16.6. The molecule has 1 atom stereocenters. The molecule has 0 radical (unpaired) electrons. The normalized spacial score (nSPS) is 20.9. The molecule has 0 saturated heterocycles. The number of hydrogen-bond donors (Lipinski definition) is 0. The van der Waals surface area contributed by atoms with Crippen molar-refractivity contribution in [2.45, 2.75) is 19.4 Å². The summed E-state index contributed by atoms with van der Waals surface area (Å²) in [5, 5.41) is 10.7. The smallest absolute Gasteiger partial charge is 0.269 e. The molecule has 2 aliphatic rings. The number of non-ortho nitro benzene ring substituents is 1. The first kappa shape index (κ1) is 11.7. The van der Waals surface area contributed by atoms with E-state index in [0.717, 1.165) is 12.0 Å². The number of rotatable bonds is 2. The molecule has 4 nitrogen and oxygen atoms in total. The number of nitro benzene ring substituents is 1. The molecular weight excluding hydrogens is 240 g/mol. The van der Waals surface area contributed by atoms with Crippen LogP contribution in [0, 0.1) is 10.1 Å². The molecule has 0 bridgehead atoms. The molecule has 2 aliphatic heterocycles. The largest absolute Gasteiger partial charge is 0.340 e. The van der Waals surface area contributed by atoms with Crippen LogP contribution in [0.1, 0.15) is 24.9 Å². The molecule has 3 rings (SSSR count). The van der Waals surface area contributed by atoms with Crippen molar-refractivity contribution in [3.63, 3.8) is 0 Å². The van der Waals surface area contributed by atoms with Crippen molar-refractivity contribution in [3.8, 4) is 0 Å². The van der Waals surface area contributed by atoms with E-state index in [2.05, 4.69) is 24.1 Å². The number of hydrogen-bond acceptors (Lipinski definition) is 3. The second-order valence-electron chi connectivity index (χ2n) is 4.84. The van der Waals surface area contributed by atoms with Crippen molar-refractivity contribution < 1.29 is 4.92 Å². The van der Waals surface area contributed by atoms with Gasteiger partial charge >= 0.3 is 0 Å². The van der Waals surface area contributed by atoms with E-state index in [9.17, 15) is 10.1 Å². The average molecular weight is 254 g/mol. The average Bonchev–Trinajstić information content (AvgIpc) is 2.77. The van der Waals surface area contributed by atoms with Crippen LogP contribution in [0.3, 0.4) is 0 Å². The summed E-state index contributed by atoms with van der Waals surface area (Å²) < 4.78 is 0. The lowest BCUT2D eigenvalue weighted by Gasteiger charge is -2.26. The summed E-state index contributed by atoms with van der Waals surface area (Å²) in [5.41, 5.74) is 3.84. The third kappa shape index (κ3) is 1.95. The topological polar surface area (TPSA) is 46.4 Å². The first-order valence-electron chi connectivity index (χ1n) is 6.24. The quantitative estimate of drug-likeness (QED) is 0.597. The first-order chi connectivity index (χ1) is 9.16. The molecule has 19 heavy (non-hydrogen) atoms. The lowest BCUT2D eigenvalue weighted by molar-refractivity contribution is -0.384. The number of allylic oxidation sites excluding steroid dienone is 3. The molecule has 0 aromatic heterocycles. The Kier molecular flexibility index (Phi) is 2.71. The zero-order chi connectivity index (χ0) is 13.4. The highest BCUT2D eigenvalue weighted by Gasteiger charge is 2.29. The van der Waals surface area contributed by atoms with E-state index in [1.54, 1.807) is 12.1 Å². The highest BCUT2D eigenvalue weighted by Crippen LogP contribution is 2.41. The van der Waals surface area contributed by atoms with E-state index < -0.39 is 0 Å². The minimum atomic E-state index is -0.364. The molecule has 96 valence electrons. The van der Waals surface area contributed by atoms with Crippen LogP contribution in [-0.2, 0) is 0 Å². The van der Waals surface area contributed by atoms with Gasteiger partial charge in [0.1, 0.15) is 0 Å². The Hall–Kier alpha value is -2.36. The van der Waals surface area contributed by atoms with Crippen LogP contribution in [0.25, 0.3) is 0 Å². The fraction of sp³-hybridized carbons (Fsp3) is 0.200. The van der Waals surface area contributed by atoms with Gasteiger partial charge in [0, 0.05) is 24.0 Å². The van der Waals surface area contributed by atoms with Crippen LogP contribution >= 0.6 is 0 Å². The fourth-order valence-electron chi connectivity index (χ4n) is 2.68. The fourth-order valence-corrected chi connectivity index (χ4v) is 2.68. The molecule has 0 saturated carbocycles. The van der Waals surface area contributed by atoms with Gasteiger partial charge < -0.3 is 4.90 Å². The van der Waals surface area contributed by atoms with E-state index in [1.165, 1.54) is 11.3 Å². The third-order valence-electron chi connectivity index (χ3n) is 3.65. The van der Waals surface area contributed by atoms with Gasteiger partial charge in [0.15, 0.2) is 0 Å².